The van der Waals surface area contributed by atoms with Gasteiger partial charge < -0.3 is 10.6 Å². The average Bonchev–Trinajstić information content (AvgIpc) is 3.37. The molecule has 27 heavy (non-hydrogen) atoms. The summed E-state index contributed by atoms with van der Waals surface area (Å²) in [6, 6.07) is 7.60. The maximum Gasteiger partial charge on any atom is 0.230 e. The molecule has 144 valence electrons. The number of thioether (sulfide) groups is 1. The number of hydrogen-bond acceptors (Lipinski definition) is 5. The molecule has 0 radical (unpaired) electrons. The standard InChI is InChI=1S/C19H25N5O2S/c1-12(2)10-20-17(26)11-27-19-23-22-18(14-7-8-14)24(19)16-6-4-5-15(9-16)21-13(3)25/h4-6,9,12,14H,7-8,10-11H2,1-3H3,(H,20,26)(H,21,25). The molecule has 2 aromatic rings. The first kappa shape index (κ1) is 19.4. The Hall–Kier alpha value is -2.35. The Labute approximate surface area is 163 Å². The van der Waals surface area contributed by atoms with E-state index in [9.17, 15) is 9.59 Å². The first-order chi connectivity index (χ1) is 12.9. The lowest BCUT2D eigenvalue weighted by Gasteiger charge is -2.12. The molecule has 1 aliphatic rings. The van der Waals surface area contributed by atoms with E-state index in [1.54, 1.807) is 0 Å². The van der Waals surface area contributed by atoms with E-state index in [4.69, 9.17) is 0 Å². The molecule has 1 fully saturated rings. The maximum atomic E-state index is 12.1. The number of nitrogens with one attached hydrogen (secondary N) is 2. The number of rotatable bonds is 8. The second-order valence-electron chi connectivity index (χ2n) is 7.17. The molecule has 0 unspecified atom stereocenters. The fraction of sp³-hybridized carbons (Fsp3) is 0.474. The number of nitrogens with zero attached hydrogens (tertiary/aromatic N) is 3. The van der Waals surface area contributed by atoms with Crippen molar-refractivity contribution in [2.24, 2.45) is 5.92 Å². The van der Waals surface area contributed by atoms with E-state index in [1.165, 1.54) is 18.7 Å². The molecular formula is C19H25N5O2S. The summed E-state index contributed by atoms with van der Waals surface area (Å²) in [5, 5.41) is 15.1. The Morgan fingerprint density at radius 3 is 2.74 bits per heavy atom. The summed E-state index contributed by atoms with van der Waals surface area (Å²) in [6.45, 7) is 6.28. The largest absolute Gasteiger partial charge is 0.355 e. The van der Waals surface area contributed by atoms with Crippen molar-refractivity contribution in [2.75, 3.05) is 17.6 Å². The first-order valence-electron chi connectivity index (χ1n) is 9.17. The van der Waals surface area contributed by atoms with E-state index in [0.29, 0.717) is 29.3 Å². The molecule has 0 saturated heterocycles. The van der Waals surface area contributed by atoms with Crippen molar-refractivity contribution in [3.63, 3.8) is 0 Å². The normalized spacial score (nSPS) is 13.6. The minimum absolute atomic E-state index is 0.0109. The molecule has 7 nitrogen and oxygen atoms in total. The van der Waals surface area contributed by atoms with Crippen molar-refractivity contribution in [3.8, 4) is 5.69 Å². The van der Waals surface area contributed by atoms with E-state index in [-0.39, 0.29) is 11.8 Å². The van der Waals surface area contributed by atoms with Crippen molar-refractivity contribution < 1.29 is 9.59 Å². The number of carbonyl (C=O) groups excluding carboxylic acids is 2. The van der Waals surface area contributed by atoms with Crippen molar-refractivity contribution in [1.82, 2.24) is 20.1 Å². The van der Waals surface area contributed by atoms with Gasteiger partial charge in [-0.1, -0.05) is 31.7 Å². The zero-order valence-electron chi connectivity index (χ0n) is 15.9. The lowest BCUT2D eigenvalue weighted by atomic mass is 10.2. The summed E-state index contributed by atoms with van der Waals surface area (Å²) >= 11 is 1.38. The number of hydrogen-bond donors (Lipinski definition) is 2. The van der Waals surface area contributed by atoms with Gasteiger partial charge in [-0.15, -0.1) is 10.2 Å². The lowest BCUT2D eigenvalue weighted by Crippen LogP contribution is -2.28. The summed E-state index contributed by atoms with van der Waals surface area (Å²) in [5.74, 6) is 1.91. The van der Waals surface area contributed by atoms with Gasteiger partial charge in [0.15, 0.2) is 5.16 Å². The van der Waals surface area contributed by atoms with Crippen LogP contribution in [0.25, 0.3) is 5.69 Å². The van der Waals surface area contributed by atoms with Crippen LogP contribution in [0.15, 0.2) is 29.4 Å². The van der Waals surface area contributed by atoms with Gasteiger partial charge in [0.2, 0.25) is 11.8 Å². The predicted molar refractivity (Wildman–Crippen MR) is 106 cm³/mol. The minimum Gasteiger partial charge on any atom is -0.355 e. The molecule has 0 aliphatic heterocycles. The van der Waals surface area contributed by atoms with Crippen LogP contribution in [0, 0.1) is 5.92 Å². The van der Waals surface area contributed by atoms with E-state index >= 15 is 0 Å². The Bertz CT molecular complexity index is 829. The molecule has 0 atom stereocenters. The Balaban J connectivity index is 1.80. The third-order valence-corrected chi connectivity index (χ3v) is 4.99. The molecular weight excluding hydrogens is 362 g/mol. The van der Waals surface area contributed by atoms with Gasteiger partial charge in [0.1, 0.15) is 5.82 Å². The summed E-state index contributed by atoms with van der Waals surface area (Å²) < 4.78 is 2.00. The molecule has 8 heteroatoms. The van der Waals surface area contributed by atoms with Crippen molar-refractivity contribution in [1.29, 1.82) is 0 Å². The number of anilines is 1. The molecule has 3 rings (SSSR count). The van der Waals surface area contributed by atoms with Gasteiger partial charge in [0, 0.05) is 25.1 Å². The van der Waals surface area contributed by atoms with Gasteiger partial charge in [0.05, 0.1) is 11.4 Å². The fourth-order valence-corrected chi connectivity index (χ4v) is 3.44. The minimum atomic E-state index is -0.116. The SMILES string of the molecule is CC(=O)Nc1cccc(-n2c(SCC(=O)NCC(C)C)nnc2C2CC2)c1. The van der Waals surface area contributed by atoms with Crippen LogP contribution in [0.2, 0.25) is 0 Å². The molecule has 1 heterocycles. The van der Waals surface area contributed by atoms with Crippen LogP contribution >= 0.6 is 11.8 Å². The highest BCUT2D eigenvalue weighted by molar-refractivity contribution is 7.99. The number of benzene rings is 1. The molecule has 1 aromatic carbocycles. The van der Waals surface area contributed by atoms with Crippen LogP contribution < -0.4 is 10.6 Å². The van der Waals surface area contributed by atoms with E-state index < -0.39 is 0 Å². The van der Waals surface area contributed by atoms with Crippen molar-refractivity contribution in [2.45, 2.75) is 44.7 Å². The molecule has 1 aromatic heterocycles. The van der Waals surface area contributed by atoms with Gasteiger partial charge in [-0.2, -0.15) is 0 Å². The lowest BCUT2D eigenvalue weighted by molar-refractivity contribution is -0.118. The molecule has 2 amide bonds. The maximum absolute atomic E-state index is 12.1. The second-order valence-corrected chi connectivity index (χ2v) is 8.11. The van der Waals surface area contributed by atoms with Crippen LogP contribution in [0.3, 0.4) is 0 Å². The van der Waals surface area contributed by atoms with E-state index in [2.05, 4.69) is 34.7 Å². The van der Waals surface area contributed by atoms with Gasteiger partial charge in [0.25, 0.3) is 0 Å². The third kappa shape index (κ3) is 5.32. The molecule has 1 saturated carbocycles. The summed E-state index contributed by atoms with van der Waals surface area (Å²) in [4.78, 5) is 23.4. The molecule has 0 bridgehead atoms. The molecule has 0 spiro atoms. The van der Waals surface area contributed by atoms with E-state index in [0.717, 1.165) is 30.0 Å². The van der Waals surface area contributed by atoms with Crippen molar-refractivity contribution >= 4 is 29.3 Å². The molecule has 2 N–H and O–H groups in total. The molecule has 1 aliphatic carbocycles. The van der Waals surface area contributed by atoms with Crippen LogP contribution in [-0.4, -0.2) is 38.9 Å². The van der Waals surface area contributed by atoms with Crippen molar-refractivity contribution in [3.05, 3.63) is 30.1 Å². The van der Waals surface area contributed by atoms with Gasteiger partial charge in [-0.05, 0) is 37.0 Å². The Morgan fingerprint density at radius 1 is 1.30 bits per heavy atom. The Morgan fingerprint density at radius 2 is 2.07 bits per heavy atom. The highest BCUT2D eigenvalue weighted by Crippen LogP contribution is 2.41. The zero-order chi connectivity index (χ0) is 19.4. The zero-order valence-corrected chi connectivity index (χ0v) is 16.7. The van der Waals surface area contributed by atoms with E-state index in [1.807, 2.05) is 28.8 Å². The number of amides is 2. The van der Waals surface area contributed by atoms with Gasteiger partial charge in [-0.25, -0.2) is 0 Å². The predicted octanol–water partition coefficient (Wildman–Crippen LogP) is 2.97. The van der Waals surface area contributed by atoms with Crippen LogP contribution in [0.1, 0.15) is 45.4 Å². The van der Waals surface area contributed by atoms with Crippen LogP contribution in [-0.2, 0) is 9.59 Å². The third-order valence-electron chi connectivity index (χ3n) is 4.07. The number of carbonyl (C=O) groups is 2. The highest BCUT2D eigenvalue weighted by atomic mass is 32.2. The van der Waals surface area contributed by atoms with Gasteiger partial charge in [-0.3, -0.25) is 14.2 Å². The summed E-state index contributed by atoms with van der Waals surface area (Å²) in [5.41, 5.74) is 1.61. The monoisotopic (exact) mass is 387 g/mol. The average molecular weight is 388 g/mol. The second kappa shape index (κ2) is 8.56. The van der Waals surface area contributed by atoms with Crippen LogP contribution in [0.4, 0.5) is 5.69 Å². The first-order valence-corrected chi connectivity index (χ1v) is 10.2. The quantitative estimate of drug-likeness (QED) is 0.680. The fourth-order valence-electron chi connectivity index (χ4n) is 2.65. The van der Waals surface area contributed by atoms with Crippen LogP contribution in [0.5, 0.6) is 0 Å². The Kier molecular flexibility index (Phi) is 6.15. The van der Waals surface area contributed by atoms with Gasteiger partial charge >= 0.3 is 0 Å². The topological polar surface area (TPSA) is 88.9 Å². The summed E-state index contributed by atoms with van der Waals surface area (Å²) in [7, 11) is 0. The number of aromatic nitrogens is 3. The highest BCUT2D eigenvalue weighted by Gasteiger charge is 2.31. The smallest absolute Gasteiger partial charge is 0.230 e. The summed E-state index contributed by atoms with van der Waals surface area (Å²) in [6.07, 6.45) is 2.20.